The van der Waals surface area contributed by atoms with E-state index < -0.39 is 0 Å². The molecule has 2 heterocycles. The van der Waals surface area contributed by atoms with Gasteiger partial charge in [0.2, 0.25) is 5.13 Å². The molecule has 1 aliphatic heterocycles. The summed E-state index contributed by atoms with van der Waals surface area (Å²) in [5, 5.41) is 13.7. The number of nitrogens with one attached hydrogen (secondary N) is 1. The monoisotopic (exact) mass is 366 g/mol. The van der Waals surface area contributed by atoms with Crippen LogP contribution in [0.2, 0.25) is 0 Å². The van der Waals surface area contributed by atoms with Crippen LogP contribution in [0, 0.1) is 6.92 Å². The number of aromatic nitrogens is 2. The second-order valence-electron chi connectivity index (χ2n) is 5.45. The Kier molecular flexibility index (Phi) is 4.87. The third-order valence-electron chi connectivity index (χ3n) is 3.76. The molecule has 1 aromatic heterocycles. The van der Waals surface area contributed by atoms with E-state index in [1.54, 1.807) is 11.3 Å². The number of piperidine rings is 1. The van der Waals surface area contributed by atoms with E-state index in [1.807, 2.05) is 6.92 Å². The molecule has 21 heavy (non-hydrogen) atoms. The van der Waals surface area contributed by atoms with Crippen molar-refractivity contribution in [3.63, 3.8) is 0 Å². The third kappa shape index (κ3) is 4.25. The van der Waals surface area contributed by atoms with E-state index in [2.05, 4.69) is 60.6 Å². The van der Waals surface area contributed by atoms with Gasteiger partial charge >= 0.3 is 0 Å². The van der Waals surface area contributed by atoms with E-state index >= 15 is 0 Å². The Hall–Kier alpha value is -0.980. The predicted octanol–water partition coefficient (Wildman–Crippen LogP) is 3.69. The molecule has 1 aromatic carbocycles. The van der Waals surface area contributed by atoms with Crippen LogP contribution in [0.3, 0.4) is 0 Å². The quantitative estimate of drug-likeness (QED) is 0.895. The van der Waals surface area contributed by atoms with Gasteiger partial charge in [0, 0.05) is 30.1 Å². The van der Waals surface area contributed by atoms with Crippen LogP contribution in [0.1, 0.15) is 23.4 Å². The van der Waals surface area contributed by atoms with Gasteiger partial charge in [-0.15, -0.1) is 10.2 Å². The Labute approximate surface area is 137 Å². The smallest absolute Gasteiger partial charge is 0.205 e. The number of hydrogen-bond donors (Lipinski definition) is 1. The van der Waals surface area contributed by atoms with Crippen molar-refractivity contribution in [1.29, 1.82) is 0 Å². The Bertz CT molecular complexity index is 576. The van der Waals surface area contributed by atoms with Gasteiger partial charge in [0.1, 0.15) is 5.01 Å². The number of halogens is 1. The molecule has 112 valence electrons. The van der Waals surface area contributed by atoms with Crippen LogP contribution >= 0.6 is 27.3 Å². The van der Waals surface area contributed by atoms with Crippen molar-refractivity contribution in [2.45, 2.75) is 32.4 Å². The number of rotatable bonds is 4. The molecule has 3 rings (SSSR count). The van der Waals surface area contributed by atoms with Crippen molar-refractivity contribution in [2.24, 2.45) is 0 Å². The molecule has 4 nitrogen and oxygen atoms in total. The molecule has 1 N–H and O–H groups in total. The number of nitrogens with zero attached hydrogens (tertiary/aromatic N) is 3. The van der Waals surface area contributed by atoms with E-state index in [-0.39, 0.29) is 0 Å². The largest absolute Gasteiger partial charge is 0.357 e. The minimum Gasteiger partial charge on any atom is -0.357 e. The molecule has 0 bridgehead atoms. The van der Waals surface area contributed by atoms with E-state index in [9.17, 15) is 0 Å². The summed E-state index contributed by atoms with van der Waals surface area (Å²) >= 11 is 5.11. The number of hydrogen-bond acceptors (Lipinski definition) is 5. The van der Waals surface area contributed by atoms with Crippen LogP contribution in [0.5, 0.6) is 0 Å². The van der Waals surface area contributed by atoms with Crippen molar-refractivity contribution < 1.29 is 0 Å². The van der Waals surface area contributed by atoms with Crippen molar-refractivity contribution in [3.8, 4) is 0 Å². The summed E-state index contributed by atoms with van der Waals surface area (Å²) in [5.74, 6) is 0. The first-order valence-electron chi connectivity index (χ1n) is 7.22. The number of benzene rings is 1. The fraction of sp³-hybridized carbons (Fsp3) is 0.467. The van der Waals surface area contributed by atoms with Crippen molar-refractivity contribution in [1.82, 2.24) is 15.1 Å². The molecular weight excluding hydrogens is 348 g/mol. The summed E-state index contributed by atoms with van der Waals surface area (Å²) in [7, 11) is 0. The molecule has 0 spiro atoms. The molecule has 0 radical (unpaired) electrons. The van der Waals surface area contributed by atoms with Gasteiger partial charge in [-0.25, -0.2) is 0 Å². The Morgan fingerprint density at radius 3 is 2.57 bits per heavy atom. The first kappa shape index (κ1) is 14.9. The lowest BCUT2D eigenvalue weighted by Crippen LogP contribution is -2.38. The van der Waals surface area contributed by atoms with E-state index in [1.165, 1.54) is 5.56 Å². The molecule has 0 amide bonds. The maximum absolute atomic E-state index is 4.14. The zero-order chi connectivity index (χ0) is 14.7. The first-order valence-corrected chi connectivity index (χ1v) is 8.83. The van der Waals surface area contributed by atoms with Gasteiger partial charge in [-0.3, -0.25) is 4.90 Å². The van der Waals surface area contributed by atoms with Crippen molar-refractivity contribution in [3.05, 3.63) is 39.3 Å². The highest BCUT2D eigenvalue weighted by molar-refractivity contribution is 9.10. The molecular formula is C15H19BrN4S. The highest BCUT2D eigenvalue weighted by atomic mass is 79.9. The maximum Gasteiger partial charge on any atom is 0.205 e. The third-order valence-corrected chi connectivity index (χ3v) is 5.06. The summed E-state index contributed by atoms with van der Waals surface area (Å²) in [6, 6.07) is 9.14. The van der Waals surface area contributed by atoms with Crippen LogP contribution in [0.25, 0.3) is 0 Å². The molecule has 0 unspecified atom stereocenters. The van der Waals surface area contributed by atoms with Gasteiger partial charge < -0.3 is 5.32 Å². The van der Waals surface area contributed by atoms with Crippen LogP contribution < -0.4 is 5.32 Å². The summed E-state index contributed by atoms with van der Waals surface area (Å²) in [6.07, 6.45) is 2.32. The van der Waals surface area contributed by atoms with Crippen molar-refractivity contribution in [2.75, 3.05) is 18.4 Å². The van der Waals surface area contributed by atoms with Gasteiger partial charge in [0.05, 0.1) is 0 Å². The maximum atomic E-state index is 4.14. The van der Waals surface area contributed by atoms with Gasteiger partial charge in [-0.1, -0.05) is 39.4 Å². The lowest BCUT2D eigenvalue weighted by molar-refractivity contribution is 0.211. The summed E-state index contributed by atoms with van der Waals surface area (Å²) in [5.41, 5.74) is 1.38. The number of likely N-dealkylation sites (tertiary alicyclic amines) is 1. The fourth-order valence-corrected chi connectivity index (χ4v) is 3.55. The molecule has 0 atom stereocenters. The van der Waals surface area contributed by atoms with Gasteiger partial charge in [-0.05, 0) is 37.5 Å². The lowest BCUT2D eigenvalue weighted by Gasteiger charge is -2.32. The lowest BCUT2D eigenvalue weighted by atomic mass is 10.0. The SMILES string of the molecule is Cc1nnc(NC2CCN(Cc3ccc(Br)cc3)CC2)s1. The average molecular weight is 367 g/mol. The molecule has 1 fully saturated rings. The van der Waals surface area contributed by atoms with Crippen LogP contribution in [0.4, 0.5) is 5.13 Å². The van der Waals surface area contributed by atoms with E-state index in [0.717, 1.165) is 47.1 Å². The normalized spacial score (nSPS) is 17.0. The molecule has 6 heteroatoms. The highest BCUT2D eigenvalue weighted by Crippen LogP contribution is 2.21. The second kappa shape index (κ2) is 6.85. The molecule has 0 saturated carbocycles. The first-order chi connectivity index (χ1) is 10.2. The highest BCUT2D eigenvalue weighted by Gasteiger charge is 2.20. The Morgan fingerprint density at radius 2 is 1.95 bits per heavy atom. The topological polar surface area (TPSA) is 41.1 Å². The Morgan fingerprint density at radius 1 is 1.24 bits per heavy atom. The summed E-state index contributed by atoms with van der Waals surface area (Å²) in [4.78, 5) is 2.52. The summed E-state index contributed by atoms with van der Waals surface area (Å²) in [6.45, 7) is 5.29. The van der Waals surface area contributed by atoms with Crippen LogP contribution in [-0.2, 0) is 6.54 Å². The minimum atomic E-state index is 0.526. The fourth-order valence-electron chi connectivity index (χ4n) is 2.61. The zero-order valence-electron chi connectivity index (χ0n) is 12.1. The van der Waals surface area contributed by atoms with Gasteiger partial charge in [-0.2, -0.15) is 0 Å². The number of aryl methyl sites for hydroxylation is 1. The molecule has 1 saturated heterocycles. The second-order valence-corrected chi connectivity index (χ2v) is 7.54. The van der Waals surface area contributed by atoms with Crippen LogP contribution in [0.15, 0.2) is 28.7 Å². The molecule has 1 aliphatic rings. The number of anilines is 1. The zero-order valence-corrected chi connectivity index (χ0v) is 14.5. The van der Waals surface area contributed by atoms with E-state index in [4.69, 9.17) is 0 Å². The van der Waals surface area contributed by atoms with Gasteiger partial charge in [0.25, 0.3) is 0 Å². The van der Waals surface area contributed by atoms with Crippen molar-refractivity contribution >= 4 is 32.4 Å². The van der Waals surface area contributed by atoms with Gasteiger partial charge in [0.15, 0.2) is 0 Å². The minimum absolute atomic E-state index is 0.526. The Balaban J connectivity index is 1.47. The van der Waals surface area contributed by atoms with E-state index in [0.29, 0.717) is 6.04 Å². The molecule has 0 aliphatic carbocycles. The predicted molar refractivity (Wildman–Crippen MR) is 90.7 cm³/mol. The standard InChI is InChI=1S/C15H19BrN4S/c1-11-18-19-15(21-11)17-14-6-8-20(9-7-14)10-12-2-4-13(16)5-3-12/h2-5,14H,6-10H2,1H3,(H,17,19). The molecule has 2 aromatic rings. The van der Waals surface area contributed by atoms with Crippen LogP contribution in [-0.4, -0.2) is 34.2 Å². The average Bonchev–Trinajstić information content (AvgIpc) is 2.89. The summed E-state index contributed by atoms with van der Waals surface area (Å²) < 4.78 is 1.14.